The number of ether oxygens (including phenoxy) is 2. The number of hydrogen-bond donors (Lipinski definition) is 1. The van der Waals surface area contributed by atoms with E-state index in [1.807, 2.05) is 0 Å². The molecular formula is C12H16F3N3O2. The molecule has 0 amide bonds. The minimum Gasteiger partial charge on any atom is -0.404 e. The van der Waals surface area contributed by atoms with Crippen molar-refractivity contribution in [1.29, 1.82) is 0 Å². The van der Waals surface area contributed by atoms with Gasteiger partial charge in [0.1, 0.15) is 11.6 Å². The maximum atomic E-state index is 12.0. The molecule has 2 rings (SSSR count). The van der Waals surface area contributed by atoms with E-state index in [1.165, 1.54) is 12.1 Å². The highest BCUT2D eigenvalue weighted by atomic mass is 19.4. The molecular weight excluding hydrogens is 275 g/mol. The number of rotatable bonds is 5. The van der Waals surface area contributed by atoms with E-state index < -0.39 is 6.36 Å². The Bertz CT molecular complexity index is 405. The number of alkyl halides is 3. The third-order valence-electron chi connectivity index (χ3n) is 2.81. The van der Waals surface area contributed by atoms with E-state index in [1.54, 1.807) is 0 Å². The maximum absolute atomic E-state index is 12.0. The van der Waals surface area contributed by atoms with Gasteiger partial charge in [-0.15, -0.1) is 13.2 Å². The Hall–Kier alpha value is -1.54. The van der Waals surface area contributed by atoms with Gasteiger partial charge in [0.2, 0.25) is 0 Å². The van der Waals surface area contributed by atoms with E-state index in [2.05, 4.69) is 19.9 Å². The number of pyridine rings is 1. The number of anilines is 1. The lowest BCUT2D eigenvalue weighted by atomic mass is 10.4. The first-order valence-electron chi connectivity index (χ1n) is 6.29. The summed E-state index contributed by atoms with van der Waals surface area (Å²) in [6.07, 6.45) is -3.64. The van der Waals surface area contributed by atoms with Crippen molar-refractivity contribution in [3.63, 3.8) is 0 Å². The Labute approximate surface area is 114 Å². The molecule has 1 aromatic heterocycles. The van der Waals surface area contributed by atoms with Gasteiger partial charge in [0, 0.05) is 26.2 Å². The molecule has 5 nitrogen and oxygen atoms in total. The van der Waals surface area contributed by atoms with Crippen molar-refractivity contribution in [3.8, 4) is 5.75 Å². The molecule has 1 fully saturated rings. The van der Waals surface area contributed by atoms with Crippen LogP contribution in [0, 0.1) is 0 Å². The minimum absolute atomic E-state index is 0.323. The van der Waals surface area contributed by atoms with E-state index in [9.17, 15) is 13.2 Å². The summed E-state index contributed by atoms with van der Waals surface area (Å²) >= 11 is 0. The van der Waals surface area contributed by atoms with Crippen molar-refractivity contribution in [2.45, 2.75) is 6.36 Å². The molecule has 0 aromatic carbocycles. The lowest BCUT2D eigenvalue weighted by Crippen LogP contribution is -2.39. The molecule has 20 heavy (non-hydrogen) atoms. The molecule has 1 saturated heterocycles. The molecule has 1 aliphatic rings. The zero-order valence-corrected chi connectivity index (χ0v) is 10.8. The standard InChI is InChI=1S/C12H16F3N3O2/c13-12(14,15)20-10-1-2-11(17-9-10)16-3-4-18-5-7-19-8-6-18/h1-2,9H,3-8H2,(H,16,17). The molecule has 2 heterocycles. The largest absolute Gasteiger partial charge is 0.573 e. The van der Waals surface area contributed by atoms with Crippen molar-refractivity contribution >= 4 is 5.82 Å². The second-order valence-corrected chi connectivity index (χ2v) is 4.31. The first-order valence-corrected chi connectivity index (χ1v) is 6.29. The van der Waals surface area contributed by atoms with E-state index in [0.717, 1.165) is 39.0 Å². The fourth-order valence-corrected chi connectivity index (χ4v) is 1.85. The van der Waals surface area contributed by atoms with Crippen LogP contribution < -0.4 is 10.1 Å². The maximum Gasteiger partial charge on any atom is 0.573 e. The molecule has 1 N–H and O–H groups in total. The lowest BCUT2D eigenvalue weighted by Gasteiger charge is -2.26. The number of aromatic nitrogens is 1. The summed E-state index contributed by atoms with van der Waals surface area (Å²) in [5.41, 5.74) is 0. The van der Waals surface area contributed by atoms with Crippen LogP contribution >= 0.6 is 0 Å². The molecule has 112 valence electrons. The topological polar surface area (TPSA) is 46.6 Å². The predicted octanol–water partition coefficient (Wildman–Crippen LogP) is 1.72. The van der Waals surface area contributed by atoms with Crippen LogP contribution in [0.15, 0.2) is 18.3 Å². The molecule has 0 atom stereocenters. The highest BCUT2D eigenvalue weighted by Gasteiger charge is 2.31. The Morgan fingerprint density at radius 3 is 2.65 bits per heavy atom. The fraction of sp³-hybridized carbons (Fsp3) is 0.583. The quantitative estimate of drug-likeness (QED) is 0.895. The van der Waals surface area contributed by atoms with E-state index in [0.29, 0.717) is 12.4 Å². The summed E-state index contributed by atoms with van der Waals surface area (Å²) < 4.78 is 44.9. The highest BCUT2D eigenvalue weighted by molar-refractivity contribution is 5.37. The third-order valence-corrected chi connectivity index (χ3v) is 2.81. The molecule has 0 bridgehead atoms. The molecule has 1 aromatic rings. The van der Waals surface area contributed by atoms with Crippen molar-refractivity contribution < 1.29 is 22.6 Å². The summed E-state index contributed by atoms with van der Waals surface area (Å²) in [5.74, 6) is 0.198. The Balaban J connectivity index is 1.73. The van der Waals surface area contributed by atoms with Crippen LogP contribution in [0.3, 0.4) is 0 Å². The number of nitrogens with zero attached hydrogens (tertiary/aromatic N) is 2. The summed E-state index contributed by atoms with van der Waals surface area (Å²) in [6, 6.07) is 2.69. The molecule has 0 aliphatic carbocycles. The number of nitrogens with one attached hydrogen (secondary N) is 1. The number of morpholine rings is 1. The van der Waals surface area contributed by atoms with Gasteiger partial charge in [0.25, 0.3) is 0 Å². The summed E-state index contributed by atoms with van der Waals surface area (Å²) in [6.45, 7) is 4.78. The molecule has 0 radical (unpaired) electrons. The first-order chi connectivity index (χ1) is 9.53. The zero-order chi connectivity index (χ0) is 14.4. The predicted molar refractivity (Wildman–Crippen MR) is 66.7 cm³/mol. The normalized spacial score (nSPS) is 16.9. The van der Waals surface area contributed by atoms with Gasteiger partial charge in [-0.3, -0.25) is 4.90 Å². The van der Waals surface area contributed by atoms with Crippen molar-refractivity contribution in [1.82, 2.24) is 9.88 Å². The molecule has 0 spiro atoms. The smallest absolute Gasteiger partial charge is 0.404 e. The van der Waals surface area contributed by atoms with Gasteiger partial charge in [-0.05, 0) is 12.1 Å². The number of hydrogen-bond acceptors (Lipinski definition) is 5. The second-order valence-electron chi connectivity index (χ2n) is 4.31. The molecule has 8 heteroatoms. The number of halogens is 3. The highest BCUT2D eigenvalue weighted by Crippen LogP contribution is 2.22. The van der Waals surface area contributed by atoms with Crippen LogP contribution in [0.2, 0.25) is 0 Å². The van der Waals surface area contributed by atoms with E-state index in [-0.39, 0.29) is 5.75 Å². The zero-order valence-electron chi connectivity index (χ0n) is 10.8. The monoisotopic (exact) mass is 291 g/mol. The van der Waals surface area contributed by atoms with Crippen molar-refractivity contribution in [3.05, 3.63) is 18.3 Å². The van der Waals surface area contributed by atoms with Crippen LogP contribution in [-0.4, -0.2) is 55.6 Å². The summed E-state index contributed by atoms with van der Waals surface area (Å²) in [5, 5.41) is 3.05. The van der Waals surface area contributed by atoms with Gasteiger partial charge in [0.15, 0.2) is 0 Å². The summed E-state index contributed by atoms with van der Waals surface area (Å²) in [7, 11) is 0. The van der Waals surface area contributed by atoms with Crippen LogP contribution in [0.5, 0.6) is 5.75 Å². The average Bonchev–Trinajstić information content (AvgIpc) is 2.40. The third kappa shape index (κ3) is 5.22. The first kappa shape index (κ1) is 14.9. The van der Waals surface area contributed by atoms with Crippen LogP contribution in [0.4, 0.5) is 19.0 Å². The molecule has 1 aliphatic heterocycles. The SMILES string of the molecule is FC(F)(F)Oc1ccc(NCCN2CCOCC2)nc1. The fourth-order valence-electron chi connectivity index (χ4n) is 1.85. The van der Waals surface area contributed by atoms with Gasteiger partial charge in [-0.2, -0.15) is 0 Å². The summed E-state index contributed by atoms with van der Waals surface area (Å²) in [4.78, 5) is 6.11. The van der Waals surface area contributed by atoms with E-state index >= 15 is 0 Å². The van der Waals surface area contributed by atoms with Crippen molar-refractivity contribution in [2.24, 2.45) is 0 Å². The van der Waals surface area contributed by atoms with Crippen molar-refractivity contribution in [2.75, 3.05) is 44.7 Å². The van der Waals surface area contributed by atoms with Crippen LogP contribution in [0.1, 0.15) is 0 Å². The lowest BCUT2D eigenvalue weighted by molar-refractivity contribution is -0.274. The van der Waals surface area contributed by atoms with Gasteiger partial charge >= 0.3 is 6.36 Å². The molecule has 0 unspecified atom stereocenters. The Morgan fingerprint density at radius 1 is 1.30 bits per heavy atom. The van der Waals surface area contributed by atoms with Crippen LogP contribution in [-0.2, 0) is 4.74 Å². The van der Waals surface area contributed by atoms with Gasteiger partial charge in [0.05, 0.1) is 19.4 Å². The van der Waals surface area contributed by atoms with Crippen LogP contribution in [0.25, 0.3) is 0 Å². The average molecular weight is 291 g/mol. The van der Waals surface area contributed by atoms with Gasteiger partial charge < -0.3 is 14.8 Å². The second kappa shape index (κ2) is 6.76. The Morgan fingerprint density at radius 2 is 2.05 bits per heavy atom. The van der Waals surface area contributed by atoms with Gasteiger partial charge in [-0.1, -0.05) is 0 Å². The van der Waals surface area contributed by atoms with Gasteiger partial charge in [-0.25, -0.2) is 4.98 Å². The minimum atomic E-state index is -4.69. The molecule has 0 saturated carbocycles. The Kier molecular flexibility index (Phi) is 5.02. The van der Waals surface area contributed by atoms with E-state index in [4.69, 9.17) is 4.74 Å².